The number of halogens is 1. The lowest BCUT2D eigenvalue weighted by Crippen LogP contribution is -2.27. The van der Waals surface area contributed by atoms with Gasteiger partial charge >= 0.3 is 0 Å². The summed E-state index contributed by atoms with van der Waals surface area (Å²) in [6.45, 7) is 7.18. The largest absolute Gasteiger partial charge is 0.356 e. The molecule has 1 aliphatic heterocycles. The number of nitrogens with one attached hydrogen (secondary N) is 2. The maximum atomic E-state index is 11.9. The van der Waals surface area contributed by atoms with Gasteiger partial charge in [-0.25, -0.2) is 0 Å². The van der Waals surface area contributed by atoms with Crippen molar-refractivity contribution in [2.24, 2.45) is 5.92 Å². The van der Waals surface area contributed by atoms with Crippen molar-refractivity contribution in [3.63, 3.8) is 0 Å². The molecule has 2 N–H and O–H groups in total. The highest BCUT2D eigenvalue weighted by atomic mass is 35.5. The minimum absolute atomic E-state index is 0. The minimum atomic E-state index is 0. The fourth-order valence-electron chi connectivity index (χ4n) is 2.75. The number of rotatable bonds is 6. The maximum Gasteiger partial charge on any atom is 0.220 e. The molecule has 3 nitrogen and oxygen atoms in total. The summed E-state index contributed by atoms with van der Waals surface area (Å²) < 4.78 is 0. The van der Waals surface area contributed by atoms with Crippen LogP contribution in [0.1, 0.15) is 43.2 Å². The van der Waals surface area contributed by atoms with E-state index in [1.165, 1.54) is 17.5 Å². The number of aryl methyl sites for hydroxylation is 1. The first-order valence-corrected chi connectivity index (χ1v) is 7.69. The van der Waals surface area contributed by atoms with Crippen LogP contribution >= 0.6 is 12.4 Å². The van der Waals surface area contributed by atoms with Crippen LogP contribution in [0.5, 0.6) is 0 Å². The Balaban J connectivity index is 0.00000220. The summed E-state index contributed by atoms with van der Waals surface area (Å²) in [6.07, 6.45) is 2.89. The van der Waals surface area contributed by atoms with Crippen LogP contribution in [0.25, 0.3) is 0 Å². The fraction of sp³-hybridized carbons (Fsp3) is 0.588. The van der Waals surface area contributed by atoms with Crippen molar-refractivity contribution in [3.05, 3.63) is 35.4 Å². The third-order valence-electron chi connectivity index (χ3n) is 4.16. The molecule has 1 aromatic rings. The van der Waals surface area contributed by atoms with Crippen molar-refractivity contribution in [1.29, 1.82) is 0 Å². The second kappa shape index (κ2) is 9.06. The van der Waals surface area contributed by atoms with Gasteiger partial charge in [-0.15, -0.1) is 12.4 Å². The number of amides is 1. The van der Waals surface area contributed by atoms with Gasteiger partial charge in [-0.2, -0.15) is 0 Å². The van der Waals surface area contributed by atoms with Crippen LogP contribution in [0.15, 0.2) is 24.3 Å². The third-order valence-corrected chi connectivity index (χ3v) is 4.16. The first-order chi connectivity index (χ1) is 9.65. The molecule has 1 heterocycles. The molecule has 2 rings (SSSR count). The maximum absolute atomic E-state index is 11.9. The molecule has 1 aromatic carbocycles. The highest BCUT2D eigenvalue weighted by Gasteiger charge is 2.16. The Morgan fingerprint density at radius 1 is 1.48 bits per heavy atom. The average molecular weight is 311 g/mol. The van der Waals surface area contributed by atoms with Gasteiger partial charge in [-0.3, -0.25) is 4.79 Å². The highest BCUT2D eigenvalue weighted by molar-refractivity contribution is 5.85. The molecule has 1 amide bonds. The third kappa shape index (κ3) is 6.06. The molecule has 0 saturated carbocycles. The Morgan fingerprint density at radius 2 is 2.29 bits per heavy atom. The van der Waals surface area contributed by atoms with Crippen LogP contribution in [0.3, 0.4) is 0 Å². The zero-order valence-electron chi connectivity index (χ0n) is 13.0. The van der Waals surface area contributed by atoms with E-state index in [2.05, 4.69) is 48.7 Å². The summed E-state index contributed by atoms with van der Waals surface area (Å²) in [4.78, 5) is 11.9. The van der Waals surface area contributed by atoms with Gasteiger partial charge in [-0.1, -0.05) is 36.8 Å². The second-order valence-corrected chi connectivity index (χ2v) is 6.02. The van der Waals surface area contributed by atoms with Crippen molar-refractivity contribution < 1.29 is 4.79 Å². The molecule has 1 fully saturated rings. The Labute approximate surface area is 134 Å². The lowest BCUT2D eigenvalue weighted by atomic mass is 9.99. The molecule has 0 spiro atoms. The molecule has 0 radical (unpaired) electrons. The van der Waals surface area contributed by atoms with E-state index in [9.17, 15) is 4.79 Å². The van der Waals surface area contributed by atoms with Gasteiger partial charge in [0.15, 0.2) is 0 Å². The zero-order chi connectivity index (χ0) is 14.4. The lowest BCUT2D eigenvalue weighted by Gasteiger charge is -2.14. The van der Waals surface area contributed by atoms with Crippen molar-refractivity contribution >= 4 is 18.3 Å². The SMILES string of the molecule is Cc1cccc(C(C)CNC(=O)CCC2CCNC2)c1.Cl. The van der Waals surface area contributed by atoms with Gasteiger partial charge in [0, 0.05) is 13.0 Å². The molecule has 2 unspecified atom stereocenters. The molecule has 1 aliphatic rings. The summed E-state index contributed by atoms with van der Waals surface area (Å²) in [7, 11) is 0. The van der Waals surface area contributed by atoms with E-state index in [4.69, 9.17) is 0 Å². The summed E-state index contributed by atoms with van der Waals surface area (Å²) >= 11 is 0. The van der Waals surface area contributed by atoms with Crippen LogP contribution < -0.4 is 10.6 Å². The molecule has 118 valence electrons. The number of carbonyl (C=O) groups excluding carboxylic acids is 1. The van der Waals surface area contributed by atoms with E-state index in [1.807, 2.05) is 0 Å². The lowest BCUT2D eigenvalue weighted by molar-refractivity contribution is -0.121. The molecule has 0 aromatic heterocycles. The van der Waals surface area contributed by atoms with Crippen LogP contribution in [0, 0.1) is 12.8 Å². The van der Waals surface area contributed by atoms with Gasteiger partial charge in [0.2, 0.25) is 5.91 Å². The normalized spacial score (nSPS) is 18.9. The summed E-state index contributed by atoms with van der Waals surface area (Å²) in [5, 5.41) is 6.41. The van der Waals surface area contributed by atoms with Crippen LogP contribution in [-0.2, 0) is 4.79 Å². The Morgan fingerprint density at radius 3 is 2.95 bits per heavy atom. The molecular formula is C17H27ClN2O. The predicted octanol–water partition coefficient (Wildman–Crippen LogP) is 3.03. The quantitative estimate of drug-likeness (QED) is 0.848. The average Bonchev–Trinajstić information content (AvgIpc) is 2.95. The van der Waals surface area contributed by atoms with Crippen molar-refractivity contribution in [2.45, 2.75) is 39.0 Å². The van der Waals surface area contributed by atoms with E-state index in [-0.39, 0.29) is 18.3 Å². The van der Waals surface area contributed by atoms with E-state index >= 15 is 0 Å². The highest BCUT2D eigenvalue weighted by Crippen LogP contribution is 2.16. The summed E-state index contributed by atoms with van der Waals surface area (Å²) in [5.74, 6) is 1.25. The van der Waals surface area contributed by atoms with Gasteiger partial charge in [-0.05, 0) is 50.3 Å². The molecule has 2 atom stereocenters. The van der Waals surface area contributed by atoms with Gasteiger partial charge in [0.25, 0.3) is 0 Å². The molecule has 4 heteroatoms. The standard InChI is InChI=1S/C17H26N2O.ClH/c1-13-4-3-5-16(10-13)14(2)11-19-17(20)7-6-15-8-9-18-12-15;/h3-5,10,14-15,18H,6-9,11-12H2,1-2H3,(H,19,20);1H. The minimum Gasteiger partial charge on any atom is -0.356 e. The van der Waals surface area contributed by atoms with Crippen LogP contribution in [-0.4, -0.2) is 25.5 Å². The first-order valence-electron chi connectivity index (χ1n) is 7.69. The smallest absolute Gasteiger partial charge is 0.220 e. The van der Waals surface area contributed by atoms with Gasteiger partial charge in [0.05, 0.1) is 0 Å². The van der Waals surface area contributed by atoms with Crippen LogP contribution in [0.4, 0.5) is 0 Å². The van der Waals surface area contributed by atoms with Gasteiger partial charge < -0.3 is 10.6 Å². The van der Waals surface area contributed by atoms with E-state index in [0.717, 1.165) is 26.1 Å². The predicted molar refractivity (Wildman–Crippen MR) is 90.1 cm³/mol. The van der Waals surface area contributed by atoms with Crippen molar-refractivity contribution in [2.75, 3.05) is 19.6 Å². The Hall–Kier alpha value is -1.06. The van der Waals surface area contributed by atoms with Gasteiger partial charge in [0.1, 0.15) is 0 Å². The van der Waals surface area contributed by atoms with E-state index < -0.39 is 0 Å². The summed E-state index contributed by atoms with van der Waals surface area (Å²) in [5.41, 5.74) is 2.57. The Bertz CT molecular complexity index is 444. The topological polar surface area (TPSA) is 41.1 Å². The zero-order valence-corrected chi connectivity index (χ0v) is 13.8. The first kappa shape index (κ1) is 18.0. The van der Waals surface area contributed by atoms with E-state index in [1.54, 1.807) is 0 Å². The monoisotopic (exact) mass is 310 g/mol. The number of carbonyl (C=O) groups is 1. The second-order valence-electron chi connectivity index (χ2n) is 6.02. The number of hydrogen-bond acceptors (Lipinski definition) is 2. The molecular weight excluding hydrogens is 284 g/mol. The van der Waals surface area contributed by atoms with Crippen molar-refractivity contribution in [3.8, 4) is 0 Å². The van der Waals surface area contributed by atoms with E-state index in [0.29, 0.717) is 18.3 Å². The molecule has 0 bridgehead atoms. The summed E-state index contributed by atoms with van der Waals surface area (Å²) in [6, 6.07) is 8.51. The molecule has 1 saturated heterocycles. The molecule has 21 heavy (non-hydrogen) atoms. The molecule has 0 aliphatic carbocycles. The Kier molecular flexibility index (Phi) is 7.76. The number of benzene rings is 1. The fourth-order valence-corrected chi connectivity index (χ4v) is 2.75. The number of hydrogen-bond donors (Lipinski definition) is 2. The van der Waals surface area contributed by atoms with Crippen molar-refractivity contribution in [1.82, 2.24) is 10.6 Å². The van der Waals surface area contributed by atoms with Crippen LogP contribution in [0.2, 0.25) is 0 Å².